The number of hydrogen-bond donors (Lipinski definition) is 1. The molecule has 0 aliphatic heterocycles. The molecule has 0 saturated carbocycles. The summed E-state index contributed by atoms with van der Waals surface area (Å²) in [6.07, 6.45) is 0. The topological polar surface area (TPSA) is 43.8 Å². The molecule has 3 nitrogen and oxygen atoms in total. The summed E-state index contributed by atoms with van der Waals surface area (Å²) >= 11 is 3.22. The molecule has 2 aromatic carbocycles. The number of anilines is 1. The number of benzene rings is 2. The Morgan fingerprint density at radius 1 is 1.24 bits per heavy atom. The normalized spacial score (nSPS) is 11.5. The smallest absolute Gasteiger partial charge is 0.205 e. The molecule has 0 aliphatic carbocycles. The highest BCUT2D eigenvalue weighted by Gasteiger charge is 2.16. The summed E-state index contributed by atoms with van der Waals surface area (Å²) in [5, 5.41) is 0. The summed E-state index contributed by atoms with van der Waals surface area (Å²) in [7, 11) is 0. The minimum absolute atomic E-state index is 0.343. The van der Waals surface area contributed by atoms with Crippen molar-refractivity contribution in [2.75, 3.05) is 5.73 Å². The molecule has 21 heavy (non-hydrogen) atoms. The van der Waals surface area contributed by atoms with Gasteiger partial charge in [0.2, 0.25) is 5.95 Å². The minimum Gasteiger partial charge on any atom is -0.369 e. The summed E-state index contributed by atoms with van der Waals surface area (Å²) < 4.78 is 15.9. The number of hydrogen-bond acceptors (Lipinski definition) is 2. The SMILES string of the molecule is CC(C)c1ccccc1-n1c(N)nc2cc(F)c(Br)cc21. The van der Waals surface area contributed by atoms with Crippen LogP contribution in [0.2, 0.25) is 0 Å². The molecule has 108 valence electrons. The molecule has 0 saturated heterocycles. The maximum absolute atomic E-state index is 13.7. The average molecular weight is 348 g/mol. The molecule has 3 aromatic rings. The number of nitrogens with two attached hydrogens (primary N) is 1. The van der Waals surface area contributed by atoms with E-state index in [0.717, 1.165) is 11.2 Å². The van der Waals surface area contributed by atoms with Gasteiger partial charge in [-0.05, 0) is 39.5 Å². The molecule has 5 heteroatoms. The van der Waals surface area contributed by atoms with Crippen LogP contribution in [0.3, 0.4) is 0 Å². The number of fused-ring (bicyclic) bond motifs is 1. The van der Waals surface area contributed by atoms with E-state index in [1.807, 2.05) is 22.8 Å². The molecule has 0 radical (unpaired) electrons. The van der Waals surface area contributed by atoms with Gasteiger partial charge in [-0.15, -0.1) is 0 Å². The monoisotopic (exact) mass is 347 g/mol. The lowest BCUT2D eigenvalue weighted by molar-refractivity contribution is 0.623. The lowest BCUT2D eigenvalue weighted by Crippen LogP contribution is -2.05. The Kier molecular flexibility index (Phi) is 3.45. The Morgan fingerprint density at radius 3 is 2.67 bits per heavy atom. The summed E-state index contributed by atoms with van der Waals surface area (Å²) in [4.78, 5) is 4.27. The number of halogens is 2. The Morgan fingerprint density at radius 2 is 1.95 bits per heavy atom. The van der Waals surface area contributed by atoms with Crippen molar-refractivity contribution < 1.29 is 4.39 Å². The van der Waals surface area contributed by atoms with Crippen LogP contribution in [0.15, 0.2) is 40.9 Å². The van der Waals surface area contributed by atoms with Gasteiger partial charge in [-0.2, -0.15) is 0 Å². The highest BCUT2D eigenvalue weighted by molar-refractivity contribution is 9.10. The molecule has 1 aromatic heterocycles. The van der Waals surface area contributed by atoms with Gasteiger partial charge in [0.1, 0.15) is 5.82 Å². The highest BCUT2D eigenvalue weighted by Crippen LogP contribution is 2.31. The van der Waals surface area contributed by atoms with Gasteiger partial charge in [0, 0.05) is 6.07 Å². The third kappa shape index (κ3) is 2.31. The van der Waals surface area contributed by atoms with E-state index in [1.165, 1.54) is 11.6 Å². The van der Waals surface area contributed by atoms with Crippen LogP contribution in [0.25, 0.3) is 16.7 Å². The van der Waals surface area contributed by atoms with Gasteiger partial charge in [-0.3, -0.25) is 4.57 Å². The van der Waals surface area contributed by atoms with E-state index in [4.69, 9.17) is 5.73 Å². The van der Waals surface area contributed by atoms with E-state index >= 15 is 0 Å². The predicted molar refractivity (Wildman–Crippen MR) is 87.2 cm³/mol. The van der Waals surface area contributed by atoms with Crippen LogP contribution in [-0.4, -0.2) is 9.55 Å². The number of para-hydroxylation sites is 1. The summed E-state index contributed by atoms with van der Waals surface area (Å²) in [5.74, 6) is 0.363. The van der Waals surface area contributed by atoms with Crippen molar-refractivity contribution >= 4 is 32.9 Å². The van der Waals surface area contributed by atoms with E-state index < -0.39 is 0 Å². The molecule has 1 heterocycles. The van der Waals surface area contributed by atoms with Crippen molar-refractivity contribution in [2.24, 2.45) is 0 Å². The Labute approximate surface area is 130 Å². The molecule has 2 N–H and O–H groups in total. The summed E-state index contributed by atoms with van der Waals surface area (Å²) in [6.45, 7) is 4.26. The standard InChI is InChI=1S/C16H15BrFN3/c1-9(2)10-5-3-4-6-14(10)21-15-7-11(17)12(18)8-13(15)20-16(21)19/h3-9H,1-2H3,(H2,19,20). The van der Waals surface area contributed by atoms with E-state index in [0.29, 0.717) is 21.9 Å². The van der Waals surface area contributed by atoms with Crippen LogP contribution in [0.1, 0.15) is 25.3 Å². The van der Waals surface area contributed by atoms with Crippen LogP contribution < -0.4 is 5.73 Å². The van der Waals surface area contributed by atoms with Crippen molar-refractivity contribution in [1.29, 1.82) is 0 Å². The lowest BCUT2D eigenvalue weighted by Gasteiger charge is -2.15. The van der Waals surface area contributed by atoms with Crippen LogP contribution in [-0.2, 0) is 0 Å². The van der Waals surface area contributed by atoms with Crippen LogP contribution in [0.4, 0.5) is 10.3 Å². The molecule has 3 rings (SSSR count). The van der Waals surface area contributed by atoms with E-state index in [2.05, 4.69) is 40.8 Å². The zero-order valence-electron chi connectivity index (χ0n) is 11.8. The Balaban J connectivity index is 2.35. The Bertz CT molecular complexity index is 824. The lowest BCUT2D eigenvalue weighted by atomic mass is 10.0. The van der Waals surface area contributed by atoms with Gasteiger partial charge in [0.15, 0.2) is 0 Å². The van der Waals surface area contributed by atoms with Crippen molar-refractivity contribution in [3.8, 4) is 5.69 Å². The van der Waals surface area contributed by atoms with Crippen LogP contribution >= 0.6 is 15.9 Å². The fourth-order valence-electron chi connectivity index (χ4n) is 2.52. The molecular formula is C16H15BrFN3. The van der Waals surface area contributed by atoms with Crippen LogP contribution in [0, 0.1) is 5.82 Å². The van der Waals surface area contributed by atoms with Gasteiger partial charge in [-0.1, -0.05) is 32.0 Å². The number of nitrogen functional groups attached to an aromatic ring is 1. The first-order valence-electron chi connectivity index (χ1n) is 6.71. The molecule has 0 aliphatic rings. The van der Waals surface area contributed by atoms with Gasteiger partial charge >= 0.3 is 0 Å². The number of aromatic nitrogens is 2. The quantitative estimate of drug-likeness (QED) is 0.734. The van der Waals surface area contributed by atoms with E-state index in [1.54, 1.807) is 6.07 Å². The first-order chi connectivity index (χ1) is 9.99. The van der Waals surface area contributed by atoms with Crippen molar-refractivity contribution in [3.05, 3.63) is 52.3 Å². The zero-order valence-corrected chi connectivity index (χ0v) is 13.4. The maximum Gasteiger partial charge on any atom is 0.205 e. The third-order valence-electron chi connectivity index (χ3n) is 3.52. The maximum atomic E-state index is 13.7. The molecule has 0 fully saturated rings. The second-order valence-electron chi connectivity index (χ2n) is 5.27. The summed E-state index contributed by atoms with van der Waals surface area (Å²) in [5.41, 5.74) is 9.55. The number of nitrogens with zero attached hydrogens (tertiary/aromatic N) is 2. The largest absolute Gasteiger partial charge is 0.369 e. The predicted octanol–water partition coefficient (Wildman–Crippen LogP) is 4.63. The van der Waals surface area contributed by atoms with Crippen molar-refractivity contribution in [2.45, 2.75) is 19.8 Å². The molecule has 0 atom stereocenters. The first kappa shape index (κ1) is 14.1. The van der Waals surface area contributed by atoms with Crippen molar-refractivity contribution in [1.82, 2.24) is 9.55 Å². The average Bonchev–Trinajstić information content (AvgIpc) is 2.74. The van der Waals surface area contributed by atoms with Crippen molar-refractivity contribution in [3.63, 3.8) is 0 Å². The second kappa shape index (κ2) is 5.15. The fraction of sp³-hybridized carbons (Fsp3) is 0.188. The van der Waals surface area contributed by atoms with Crippen LogP contribution in [0.5, 0.6) is 0 Å². The molecule has 0 bridgehead atoms. The van der Waals surface area contributed by atoms with E-state index in [-0.39, 0.29) is 5.82 Å². The fourth-order valence-corrected chi connectivity index (χ4v) is 2.86. The van der Waals surface area contributed by atoms with Gasteiger partial charge < -0.3 is 5.73 Å². The molecular weight excluding hydrogens is 333 g/mol. The second-order valence-corrected chi connectivity index (χ2v) is 6.13. The number of imidazole rings is 1. The zero-order chi connectivity index (χ0) is 15.1. The molecule has 0 unspecified atom stereocenters. The molecule has 0 amide bonds. The number of rotatable bonds is 2. The van der Waals surface area contributed by atoms with Gasteiger partial charge in [-0.25, -0.2) is 9.37 Å². The Hall–Kier alpha value is -1.88. The van der Waals surface area contributed by atoms with Gasteiger partial charge in [0.05, 0.1) is 21.2 Å². The van der Waals surface area contributed by atoms with Gasteiger partial charge in [0.25, 0.3) is 0 Å². The molecule has 0 spiro atoms. The van der Waals surface area contributed by atoms with E-state index in [9.17, 15) is 4.39 Å². The highest BCUT2D eigenvalue weighted by atomic mass is 79.9. The summed E-state index contributed by atoms with van der Waals surface area (Å²) in [6, 6.07) is 11.2. The first-order valence-corrected chi connectivity index (χ1v) is 7.50. The minimum atomic E-state index is -0.343. The third-order valence-corrected chi connectivity index (χ3v) is 4.13.